The summed E-state index contributed by atoms with van der Waals surface area (Å²) in [5.41, 5.74) is 2.12. The predicted octanol–water partition coefficient (Wildman–Crippen LogP) is 1.80. The van der Waals surface area contributed by atoms with Gasteiger partial charge in [-0.1, -0.05) is 19.1 Å². The summed E-state index contributed by atoms with van der Waals surface area (Å²) in [6.45, 7) is 6.69. The highest BCUT2D eigenvalue weighted by atomic mass is 16.5. The number of carboxylic acid groups (broad SMARTS) is 4. The molecule has 1 aromatic carbocycles. The van der Waals surface area contributed by atoms with E-state index in [0.29, 0.717) is 0 Å². The van der Waals surface area contributed by atoms with Gasteiger partial charge < -0.3 is 35.3 Å². The third-order valence-corrected chi connectivity index (χ3v) is 4.98. The number of hydrogen-bond acceptors (Lipinski definition) is 7. The van der Waals surface area contributed by atoms with Crippen LogP contribution in [0.1, 0.15) is 26.2 Å². The molecule has 0 saturated carbocycles. The van der Waals surface area contributed by atoms with E-state index in [1.54, 1.807) is 0 Å². The number of aliphatic carboxylic acids is 4. The van der Waals surface area contributed by atoms with E-state index in [1.807, 2.05) is 36.4 Å². The van der Waals surface area contributed by atoms with Gasteiger partial charge in [0.05, 0.1) is 6.61 Å². The highest BCUT2D eigenvalue weighted by Crippen LogP contribution is 2.21. The molecule has 12 heteroatoms. The second-order valence-electron chi connectivity index (χ2n) is 7.94. The second kappa shape index (κ2) is 15.7. The van der Waals surface area contributed by atoms with E-state index in [9.17, 15) is 5.21 Å². The third-order valence-electron chi connectivity index (χ3n) is 4.98. The Kier molecular flexibility index (Phi) is 13.0. The van der Waals surface area contributed by atoms with Gasteiger partial charge in [0.15, 0.2) is 12.4 Å². The van der Waals surface area contributed by atoms with Crippen LogP contribution in [0.15, 0.2) is 48.8 Å². The lowest BCUT2D eigenvalue weighted by Gasteiger charge is -2.30. The highest BCUT2D eigenvalue weighted by Gasteiger charge is 2.15. The molecule has 1 aliphatic rings. The topological polar surface area (TPSA) is 189 Å². The van der Waals surface area contributed by atoms with Gasteiger partial charge in [0.1, 0.15) is 5.75 Å². The molecule has 0 unspecified atom stereocenters. The molecule has 4 N–H and O–H groups in total. The number of piperidine rings is 1. The molecule has 36 heavy (non-hydrogen) atoms. The first kappa shape index (κ1) is 29.8. The van der Waals surface area contributed by atoms with Crippen molar-refractivity contribution in [2.45, 2.75) is 26.2 Å². The summed E-state index contributed by atoms with van der Waals surface area (Å²) in [5.74, 6) is -5.56. The Hall–Kier alpha value is -4.19. The van der Waals surface area contributed by atoms with Crippen LogP contribution in [0.3, 0.4) is 0 Å². The van der Waals surface area contributed by atoms with Gasteiger partial charge in [0.25, 0.3) is 0 Å². The van der Waals surface area contributed by atoms with Gasteiger partial charge in [-0.25, -0.2) is 19.2 Å². The van der Waals surface area contributed by atoms with Crippen LogP contribution in [0.2, 0.25) is 0 Å². The minimum Gasteiger partial charge on any atom is -0.619 e. The number of carbonyl (C=O) groups is 4. The zero-order chi connectivity index (χ0) is 27.1. The number of pyridine rings is 1. The first-order chi connectivity index (χ1) is 17.0. The molecule has 0 aliphatic carbocycles. The van der Waals surface area contributed by atoms with Crippen molar-refractivity contribution in [3.8, 4) is 16.9 Å². The largest absolute Gasteiger partial charge is 0.619 e. The number of ether oxygens (including phenoxy) is 1. The SMILES string of the molecule is C[C@H]1CCCN(CCCOc2ccc(-c3cc[n+]([O-])cc3)cc2)C1.O=C(O)C(=O)O.O=C(O)C(=O)O. The van der Waals surface area contributed by atoms with E-state index >= 15 is 0 Å². The van der Waals surface area contributed by atoms with E-state index < -0.39 is 23.9 Å². The minimum absolute atomic E-state index is 0.756. The van der Waals surface area contributed by atoms with Crippen molar-refractivity contribution in [3.63, 3.8) is 0 Å². The molecule has 0 radical (unpaired) electrons. The van der Waals surface area contributed by atoms with Crippen LogP contribution in [0.4, 0.5) is 0 Å². The molecule has 196 valence electrons. The van der Waals surface area contributed by atoms with Crippen molar-refractivity contribution < 1.29 is 49.1 Å². The summed E-state index contributed by atoms with van der Waals surface area (Å²) < 4.78 is 6.65. The standard InChI is InChI=1S/C20H26N2O2.2C2H2O4/c1-17-4-2-11-21(16-17)12-3-15-24-20-7-5-18(6-8-20)19-9-13-22(23)14-10-19;2*3-1(4)2(5)6/h5-10,13-14,17H,2-4,11-12,15-16H2,1H3;2*(H,3,4)(H,5,6)/t17-;;/m0../s1. The van der Waals surface area contributed by atoms with Crippen molar-refractivity contribution in [2.75, 3.05) is 26.2 Å². The molecule has 3 rings (SSSR count). The Labute approximate surface area is 207 Å². The van der Waals surface area contributed by atoms with E-state index in [0.717, 1.165) is 47.1 Å². The van der Waals surface area contributed by atoms with Crippen LogP contribution >= 0.6 is 0 Å². The Bertz CT molecular complexity index is 945. The van der Waals surface area contributed by atoms with Gasteiger partial charge >= 0.3 is 23.9 Å². The van der Waals surface area contributed by atoms with Crippen molar-refractivity contribution in [3.05, 3.63) is 54.0 Å². The predicted molar refractivity (Wildman–Crippen MR) is 126 cm³/mol. The van der Waals surface area contributed by atoms with Crippen molar-refractivity contribution in [1.82, 2.24) is 4.90 Å². The van der Waals surface area contributed by atoms with Crippen LogP contribution in [-0.4, -0.2) is 75.4 Å². The summed E-state index contributed by atoms with van der Waals surface area (Å²) in [4.78, 5) is 39.0. The summed E-state index contributed by atoms with van der Waals surface area (Å²) in [5, 5.41) is 40.6. The lowest BCUT2D eigenvalue weighted by molar-refractivity contribution is -0.605. The number of hydrogen-bond donors (Lipinski definition) is 4. The molecule has 0 amide bonds. The van der Waals surface area contributed by atoms with Gasteiger partial charge in [0, 0.05) is 25.2 Å². The van der Waals surface area contributed by atoms with E-state index in [4.69, 9.17) is 44.3 Å². The number of aromatic nitrogens is 1. The lowest BCUT2D eigenvalue weighted by Crippen LogP contribution is -2.35. The molecule has 0 bridgehead atoms. The van der Waals surface area contributed by atoms with Gasteiger partial charge in [-0.2, -0.15) is 4.73 Å². The first-order valence-corrected chi connectivity index (χ1v) is 11.1. The Morgan fingerprint density at radius 3 is 1.89 bits per heavy atom. The maximum Gasteiger partial charge on any atom is 0.414 e. The number of carboxylic acids is 4. The van der Waals surface area contributed by atoms with Crippen molar-refractivity contribution in [2.24, 2.45) is 5.92 Å². The molecular formula is C24H30N2O10. The van der Waals surface area contributed by atoms with E-state index in [1.165, 1.54) is 38.3 Å². The van der Waals surface area contributed by atoms with E-state index in [-0.39, 0.29) is 0 Å². The minimum atomic E-state index is -1.82. The molecule has 1 atom stereocenters. The molecule has 0 spiro atoms. The highest BCUT2D eigenvalue weighted by molar-refractivity contribution is 6.27. The van der Waals surface area contributed by atoms with Gasteiger partial charge in [-0.15, -0.1) is 0 Å². The molecular weight excluding hydrogens is 476 g/mol. The number of benzene rings is 1. The second-order valence-corrected chi connectivity index (χ2v) is 7.94. The zero-order valence-electron chi connectivity index (χ0n) is 19.8. The monoisotopic (exact) mass is 506 g/mol. The van der Waals surface area contributed by atoms with Crippen LogP contribution < -0.4 is 9.47 Å². The van der Waals surface area contributed by atoms with E-state index in [2.05, 4.69) is 11.8 Å². The Morgan fingerprint density at radius 2 is 1.42 bits per heavy atom. The first-order valence-electron chi connectivity index (χ1n) is 11.1. The van der Waals surface area contributed by atoms with Crippen LogP contribution in [0, 0.1) is 11.1 Å². The maximum absolute atomic E-state index is 11.1. The molecule has 1 aliphatic heterocycles. The summed E-state index contributed by atoms with van der Waals surface area (Å²) in [6, 6.07) is 11.7. The third kappa shape index (κ3) is 12.3. The number of likely N-dealkylation sites (tertiary alicyclic amines) is 1. The fourth-order valence-corrected chi connectivity index (χ4v) is 3.32. The molecule has 1 saturated heterocycles. The molecule has 2 aromatic rings. The number of rotatable bonds is 6. The van der Waals surface area contributed by atoms with Crippen LogP contribution in [-0.2, 0) is 19.2 Å². The van der Waals surface area contributed by atoms with Gasteiger partial charge in [-0.05, 0) is 55.0 Å². The van der Waals surface area contributed by atoms with Gasteiger partial charge in [0.2, 0.25) is 0 Å². The molecule has 1 fully saturated rings. The normalized spacial score (nSPS) is 14.8. The average Bonchev–Trinajstić information content (AvgIpc) is 2.83. The number of nitrogens with zero attached hydrogens (tertiary/aromatic N) is 2. The summed E-state index contributed by atoms with van der Waals surface area (Å²) in [7, 11) is 0. The lowest BCUT2D eigenvalue weighted by atomic mass is 10.0. The summed E-state index contributed by atoms with van der Waals surface area (Å²) in [6.07, 6.45) is 6.80. The fraction of sp³-hybridized carbons (Fsp3) is 0.375. The zero-order valence-corrected chi connectivity index (χ0v) is 19.8. The quantitative estimate of drug-likeness (QED) is 0.193. The summed E-state index contributed by atoms with van der Waals surface area (Å²) >= 11 is 0. The molecule has 1 aromatic heterocycles. The fourth-order valence-electron chi connectivity index (χ4n) is 3.32. The van der Waals surface area contributed by atoms with Crippen molar-refractivity contribution >= 4 is 23.9 Å². The average molecular weight is 507 g/mol. The molecule has 2 heterocycles. The van der Waals surface area contributed by atoms with Crippen LogP contribution in [0.5, 0.6) is 5.75 Å². The maximum atomic E-state index is 11.1. The van der Waals surface area contributed by atoms with Crippen LogP contribution in [0.25, 0.3) is 11.1 Å². The Balaban J connectivity index is 0.000000450. The van der Waals surface area contributed by atoms with Gasteiger partial charge in [-0.3, -0.25) is 0 Å². The Morgan fingerprint density at radius 1 is 0.917 bits per heavy atom. The molecule has 12 nitrogen and oxygen atoms in total. The smallest absolute Gasteiger partial charge is 0.414 e. The van der Waals surface area contributed by atoms with Crippen molar-refractivity contribution in [1.29, 1.82) is 0 Å².